The number of nitrogens with two attached hydrogens (primary N) is 1. The summed E-state index contributed by atoms with van der Waals surface area (Å²) in [6, 6.07) is 20.5. The van der Waals surface area contributed by atoms with Crippen molar-refractivity contribution in [2.24, 2.45) is 30.5 Å². The molecule has 4 aromatic carbocycles. The second kappa shape index (κ2) is 19.7. The van der Waals surface area contributed by atoms with E-state index in [1.54, 1.807) is 11.8 Å². The number of carbonyl (C=O) groups is 3. The number of aromatic nitrogens is 2. The van der Waals surface area contributed by atoms with E-state index in [2.05, 4.69) is 38.6 Å². The number of halogens is 2. The third kappa shape index (κ3) is 9.06. The number of carbonyl (C=O) groups excluding carboxylic acids is 3. The van der Waals surface area contributed by atoms with E-state index in [1.807, 2.05) is 49.0 Å². The molecule has 10 rings (SSSR count). The van der Waals surface area contributed by atoms with Crippen molar-refractivity contribution in [3.8, 4) is 22.6 Å². The molecule has 14 nitrogen and oxygen atoms in total. The van der Waals surface area contributed by atoms with Crippen LogP contribution < -0.4 is 35.6 Å². The van der Waals surface area contributed by atoms with Crippen LogP contribution in [0.1, 0.15) is 104 Å². The molecule has 4 aliphatic heterocycles. The normalized spacial score (nSPS) is 24.2. The lowest BCUT2D eigenvalue weighted by atomic mass is 9.76. The summed E-state index contributed by atoms with van der Waals surface area (Å²) in [5.74, 6) is -0.393. The molecule has 376 valence electrons. The first kappa shape index (κ1) is 48.4. The fraction of sp³-hybridized carbons (Fsp3) is 0.491. The molecule has 5 aromatic rings. The number of hydrogen-bond acceptors (Lipinski definition) is 10. The first-order valence-corrected chi connectivity index (χ1v) is 25.5. The number of ether oxygens (including phenoxy) is 2. The Kier molecular flexibility index (Phi) is 13.4. The van der Waals surface area contributed by atoms with E-state index in [9.17, 15) is 19.5 Å². The number of benzene rings is 4. The lowest BCUT2D eigenvalue weighted by Crippen LogP contribution is -2.54. The summed E-state index contributed by atoms with van der Waals surface area (Å²) in [7, 11) is 3.25. The van der Waals surface area contributed by atoms with Crippen molar-refractivity contribution in [1.29, 1.82) is 0 Å². The monoisotopic (exact) mass is 973 g/mol. The summed E-state index contributed by atoms with van der Waals surface area (Å²) in [6.07, 6.45) is 8.00. The van der Waals surface area contributed by atoms with Gasteiger partial charge in [0, 0.05) is 98.9 Å². The number of fused-ring (bicyclic) bond motifs is 2. The molecule has 0 radical (unpaired) electrons. The molecule has 3 atom stereocenters. The van der Waals surface area contributed by atoms with E-state index in [0.29, 0.717) is 42.7 Å². The van der Waals surface area contributed by atoms with Crippen molar-refractivity contribution in [1.82, 2.24) is 25.3 Å². The van der Waals surface area contributed by atoms with Gasteiger partial charge in [-0.05, 0) is 124 Å². The Labute approximate surface area is 413 Å². The maximum absolute atomic E-state index is 16.3. The number of primary amides is 1. The Morgan fingerprint density at radius 1 is 0.930 bits per heavy atom. The number of nitrogens with one attached hydrogen (secondary N) is 2. The van der Waals surface area contributed by atoms with Gasteiger partial charge in [-0.25, -0.2) is 8.78 Å². The highest BCUT2D eigenvalue weighted by atomic mass is 19.1. The van der Waals surface area contributed by atoms with Gasteiger partial charge in [-0.15, -0.1) is 0 Å². The summed E-state index contributed by atoms with van der Waals surface area (Å²) in [4.78, 5) is 44.8. The number of aliphatic hydroxyl groups is 1. The molecular formula is C55H66F2N8O6. The van der Waals surface area contributed by atoms with Crippen molar-refractivity contribution in [2.75, 3.05) is 56.2 Å². The number of methoxy groups -OCH3 is 1. The van der Waals surface area contributed by atoms with Gasteiger partial charge in [0.05, 0.1) is 18.2 Å². The maximum Gasteiger partial charge on any atom is 0.249 e. The van der Waals surface area contributed by atoms with Gasteiger partial charge in [0.1, 0.15) is 11.6 Å². The lowest BCUT2D eigenvalue weighted by molar-refractivity contribution is -0.138. The average molecular weight is 973 g/mol. The molecule has 2 unspecified atom stereocenters. The van der Waals surface area contributed by atoms with Gasteiger partial charge < -0.3 is 45.6 Å². The number of piperidine rings is 2. The Hall–Kier alpha value is -6.26. The van der Waals surface area contributed by atoms with Crippen molar-refractivity contribution >= 4 is 40.1 Å². The number of amides is 3. The van der Waals surface area contributed by atoms with E-state index < -0.39 is 35.4 Å². The summed E-state index contributed by atoms with van der Waals surface area (Å²) in [6.45, 7) is 7.97. The smallest absolute Gasteiger partial charge is 0.249 e. The van der Waals surface area contributed by atoms with Crippen LogP contribution in [0.5, 0.6) is 11.5 Å². The largest absolute Gasteiger partial charge is 0.494 e. The van der Waals surface area contributed by atoms with Crippen LogP contribution in [0.3, 0.4) is 0 Å². The van der Waals surface area contributed by atoms with Crippen LogP contribution in [-0.2, 0) is 22.2 Å². The molecule has 4 fully saturated rings. The highest BCUT2D eigenvalue weighted by molar-refractivity contribution is 6.01. The molecule has 16 heteroatoms. The van der Waals surface area contributed by atoms with Crippen LogP contribution in [0, 0.1) is 36.3 Å². The van der Waals surface area contributed by atoms with Crippen LogP contribution >= 0.6 is 0 Å². The number of aryl methyl sites for hydroxylation is 1. The highest BCUT2D eigenvalue weighted by Crippen LogP contribution is 2.56. The second-order valence-electron chi connectivity index (χ2n) is 20.6. The highest BCUT2D eigenvalue weighted by Gasteiger charge is 2.50. The van der Waals surface area contributed by atoms with Gasteiger partial charge in [-0.2, -0.15) is 5.10 Å². The maximum atomic E-state index is 16.3. The zero-order valence-corrected chi connectivity index (χ0v) is 41.2. The lowest BCUT2D eigenvalue weighted by Gasteiger charge is -2.39. The summed E-state index contributed by atoms with van der Waals surface area (Å²) < 4.78 is 46.2. The third-order valence-corrected chi connectivity index (χ3v) is 16.6. The van der Waals surface area contributed by atoms with Gasteiger partial charge >= 0.3 is 0 Å². The predicted molar refractivity (Wildman–Crippen MR) is 268 cm³/mol. The minimum Gasteiger partial charge on any atom is -0.494 e. The van der Waals surface area contributed by atoms with Crippen LogP contribution in [0.25, 0.3) is 22.0 Å². The standard InChI is InChI=1S/C55H66F2N8O6/c1-32-42(56)30-45-48(47(32)49-41(51(58)67)16-17-44(70-4)50(49)57)33(2)55(71-45,37-8-6-5-7-9-37)31-59-38-12-10-36(11-13-38)53(68)64-25-20-35(21-26-64)28-34-18-23-63(24-19-34)39-14-15-40-43(29-39)62(3)61-52(40)65-27-22-46(66)60-54(65)69/h5-9,14-17,29-30,33-36,38,54,59,69H,10-13,18-28,31H2,1-4H3,(H2,58,67)(H,60,66)/t33?,36?,38?,54?,55-/m0/s1. The number of likely N-dealkylation sites (tertiary alicyclic amines) is 1. The Morgan fingerprint density at radius 3 is 2.31 bits per heavy atom. The van der Waals surface area contributed by atoms with Crippen molar-refractivity contribution in [3.05, 3.63) is 101 Å². The molecule has 3 amide bonds. The van der Waals surface area contributed by atoms with Crippen LogP contribution in [0.4, 0.5) is 20.3 Å². The third-order valence-electron chi connectivity index (χ3n) is 16.6. The number of hydrogen-bond donors (Lipinski definition) is 4. The second-order valence-corrected chi connectivity index (χ2v) is 20.6. The van der Waals surface area contributed by atoms with E-state index in [1.165, 1.54) is 37.4 Å². The first-order valence-electron chi connectivity index (χ1n) is 25.5. The van der Waals surface area contributed by atoms with Gasteiger partial charge in [0.25, 0.3) is 0 Å². The molecule has 71 heavy (non-hydrogen) atoms. The quantitative estimate of drug-likeness (QED) is 0.0977. The van der Waals surface area contributed by atoms with Gasteiger partial charge in [-0.1, -0.05) is 37.3 Å². The summed E-state index contributed by atoms with van der Waals surface area (Å²) in [5, 5.41) is 22.6. The van der Waals surface area contributed by atoms with Crippen molar-refractivity contribution < 1.29 is 37.7 Å². The number of nitrogens with zero attached hydrogens (tertiary/aromatic N) is 5. The summed E-state index contributed by atoms with van der Waals surface area (Å²) in [5.41, 5.74) is 8.66. The number of anilines is 2. The Bertz CT molecular complexity index is 2820. The number of rotatable bonds is 12. The molecule has 0 bridgehead atoms. The van der Waals surface area contributed by atoms with Crippen LogP contribution in [0.15, 0.2) is 66.7 Å². The topological polar surface area (TPSA) is 168 Å². The zero-order chi connectivity index (χ0) is 49.7. The molecule has 5 N–H and O–H groups in total. The van der Waals surface area contributed by atoms with Gasteiger partial charge in [0.2, 0.25) is 24.1 Å². The predicted octanol–water partition coefficient (Wildman–Crippen LogP) is 7.62. The van der Waals surface area contributed by atoms with E-state index in [0.717, 1.165) is 94.0 Å². The van der Waals surface area contributed by atoms with Crippen LogP contribution in [0.2, 0.25) is 0 Å². The average Bonchev–Trinajstić information content (AvgIpc) is 3.86. The first-order chi connectivity index (χ1) is 34.2. The fourth-order valence-electron chi connectivity index (χ4n) is 12.5. The SMILES string of the molecule is COc1ccc(C(N)=O)c(-c2c(C)c(F)cc3c2C(C)[C@@](CNC2CCC(C(=O)N4CCC(CC5CCN(c6ccc7c(N8CCC(=O)NC8O)nn(C)c7c6)CC5)CC4)CC2)(c2ccccc2)O3)c1F. The molecule has 1 aliphatic carbocycles. The van der Waals surface area contributed by atoms with Crippen LogP contribution in [-0.4, -0.2) is 96.3 Å². The minimum atomic E-state index is -1.09. The van der Waals surface area contributed by atoms with Crippen molar-refractivity contribution in [3.63, 3.8) is 0 Å². The molecule has 0 spiro atoms. The Morgan fingerprint density at radius 2 is 1.63 bits per heavy atom. The fourth-order valence-corrected chi connectivity index (χ4v) is 12.5. The van der Waals surface area contributed by atoms with Gasteiger partial charge in [0.15, 0.2) is 23.0 Å². The number of aliphatic hydroxyl groups excluding tert-OH is 1. The van der Waals surface area contributed by atoms with E-state index in [4.69, 9.17) is 20.3 Å². The molecule has 5 heterocycles. The molecule has 3 saturated heterocycles. The van der Waals surface area contributed by atoms with E-state index in [-0.39, 0.29) is 57.5 Å². The molecular weight excluding hydrogens is 907 g/mol. The molecule has 1 aromatic heterocycles. The van der Waals surface area contributed by atoms with Crippen molar-refractivity contribution in [2.45, 2.75) is 102 Å². The molecule has 1 saturated carbocycles. The van der Waals surface area contributed by atoms with E-state index >= 15 is 8.78 Å². The minimum absolute atomic E-state index is 0.00941. The zero-order valence-electron chi connectivity index (χ0n) is 41.2. The molecule has 5 aliphatic rings. The summed E-state index contributed by atoms with van der Waals surface area (Å²) >= 11 is 0. The van der Waals surface area contributed by atoms with Gasteiger partial charge in [-0.3, -0.25) is 19.1 Å². The Balaban J connectivity index is 0.725.